The molecule has 2 aliphatic rings. The molecule has 0 aliphatic carbocycles. The van der Waals surface area contributed by atoms with Crippen molar-refractivity contribution in [2.45, 2.75) is 11.3 Å². The van der Waals surface area contributed by atoms with Crippen molar-refractivity contribution in [2.75, 3.05) is 26.2 Å². The van der Waals surface area contributed by atoms with Gasteiger partial charge in [0.25, 0.3) is 5.91 Å². The summed E-state index contributed by atoms with van der Waals surface area (Å²) >= 11 is 1.25. The van der Waals surface area contributed by atoms with Crippen LogP contribution in [0, 0.1) is 0 Å². The Hall–Kier alpha value is -3.39. The van der Waals surface area contributed by atoms with Crippen LogP contribution in [-0.4, -0.2) is 49.6 Å². The second-order valence-electron chi connectivity index (χ2n) is 6.90. The van der Waals surface area contributed by atoms with E-state index < -0.39 is 28.9 Å². The molecule has 2 aromatic carbocycles. The summed E-state index contributed by atoms with van der Waals surface area (Å²) in [6.45, 7) is 0. The summed E-state index contributed by atoms with van der Waals surface area (Å²) < 4.78 is 15.4. The maximum absolute atomic E-state index is 13.0. The first-order valence-electron chi connectivity index (χ1n) is 9.49. The molecule has 4 rings (SSSR count). The van der Waals surface area contributed by atoms with Crippen molar-refractivity contribution in [1.82, 2.24) is 0 Å². The smallest absolute Gasteiger partial charge is 0.323 e. The largest absolute Gasteiger partial charge is 0.503 e. The summed E-state index contributed by atoms with van der Waals surface area (Å²) in [6.07, 6.45) is 1.88. The molecule has 0 radical (unpaired) electrons. The average Bonchev–Trinajstić information content (AvgIpc) is 3.08. The lowest BCUT2D eigenvalue weighted by atomic mass is 10.0. The standard InChI is InChI=1S/C23H21NO6S/c1-28-15-8-4-13(5-9-15)18-12-17-19(21(31-18)23(27)30-3)20(25)22(26)24(17)14-6-10-16(29-2)11-7-14/h4-12,17,21,25H,1-3H3/t17-,21+/m1/s1. The van der Waals surface area contributed by atoms with Gasteiger partial charge in [-0.05, 0) is 48.0 Å². The number of carbonyl (C=O) groups is 2. The summed E-state index contributed by atoms with van der Waals surface area (Å²) in [5, 5.41) is 9.82. The van der Waals surface area contributed by atoms with Gasteiger partial charge in [-0.25, -0.2) is 0 Å². The Labute approximate surface area is 183 Å². The number of rotatable bonds is 5. The number of thioether (sulfide) groups is 1. The van der Waals surface area contributed by atoms with Crippen LogP contribution >= 0.6 is 11.8 Å². The maximum atomic E-state index is 13.0. The van der Waals surface area contributed by atoms with Gasteiger partial charge < -0.3 is 19.3 Å². The van der Waals surface area contributed by atoms with E-state index in [9.17, 15) is 14.7 Å². The third-order valence-corrected chi connectivity index (χ3v) is 6.58. The van der Waals surface area contributed by atoms with Gasteiger partial charge in [0.2, 0.25) is 0 Å². The molecule has 0 bridgehead atoms. The van der Waals surface area contributed by atoms with Crippen molar-refractivity contribution in [3.05, 3.63) is 71.5 Å². The third kappa shape index (κ3) is 3.63. The summed E-state index contributed by atoms with van der Waals surface area (Å²) in [6, 6.07) is 13.8. The molecule has 1 N–H and O–H groups in total. The normalized spacial score (nSPS) is 20.3. The number of fused-ring (bicyclic) bond motifs is 1. The van der Waals surface area contributed by atoms with Gasteiger partial charge in [0.15, 0.2) is 5.76 Å². The number of esters is 1. The molecule has 31 heavy (non-hydrogen) atoms. The Morgan fingerprint density at radius 1 is 0.968 bits per heavy atom. The van der Waals surface area contributed by atoms with Crippen LogP contribution in [0.25, 0.3) is 4.91 Å². The first-order valence-corrected chi connectivity index (χ1v) is 10.4. The van der Waals surface area contributed by atoms with Crippen LogP contribution in [0.15, 0.2) is 65.9 Å². The van der Waals surface area contributed by atoms with Gasteiger partial charge in [0.1, 0.15) is 16.7 Å². The number of hydrogen-bond donors (Lipinski definition) is 1. The Kier molecular flexibility index (Phi) is 5.65. The van der Waals surface area contributed by atoms with Crippen molar-refractivity contribution >= 4 is 34.2 Å². The topological polar surface area (TPSA) is 85.3 Å². The molecule has 0 saturated heterocycles. The van der Waals surface area contributed by atoms with Crippen molar-refractivity contribution in [2.24, 2.45) is 0 Å². The zero-order chi connectivity index (χ0) is 22.1. The van der Waals surface area contributed by atoms with E-state index >= 15 is 0 Å². The zero-order valence-corrected chi connectivity index (χ0v) is 18.0. The molecule has 2 heterocycles. The molecular weight excluding hydrogens is 418 g/mol. The first kappa shape index (κ1) is 20.9. The number of amides is 1. The van der Waals surface area contributed by atoms with E-state index in [1.807, 2.05) is 30.3 Å². The highest BCUT2D eigenvalue weighted by Crippen LogP contribution is 2.47. The number of aliphatic hydroxyl groups is 1. The second kappa shape index (κ2) is 8.39. The fourth-order valence-corrected chi connectivity index (χ4v) is 4.99. The van der Waals surface area contributed by atoms with Crippen molar-refractivity contribution < 1.29 is 28.9 Å². The van der Waals surface area contributed by atoms with Crippen LogP contribution < -0.4 is 14.4 Å². The number of hydrogen-bond acceptors (Lipinski definition) is 7. The number of benzene rings is 2. The number of nitrogens with zero attached hydrogens (tertiary/aromatic N) is 1. The van der Waals surface area contributed by atoms with E-state index in [1.165, 1.54) is 23.8 Å². The van der Waals surface area contributed by atoms with E-state index in [1.54, 1.807) is 38.5 Å². The minimum Gasteiger partial charge on any atom is -0.503 e. The van der Waals surface area contributed by atoms with Crippen molar-refractivity contribution in [3.8, 4) is 11.5 Å². The number of ether oxygens (including phenoxy) is 3. The Morgan fingerprint density at radius 2 is 1.55 bits per heavy atom. The van der Waals surface area contributed by atoms with Crippen LogP contribution in [0.4, 0.5) is 5.69 Å². The number of methoxy groups -OCH3 is 3. The van der Waals surface area contributed by atoms with Gasteiger partial charge in [-0.1, -0.05) is 12.1 Å². The Balaban J connectivity index is 1.81. The lowest BCUT2D eigenvalue weighted by Gasteiger charge is -2.31. The van der Waals surface area contributed by atoms with Gasteiger partial charge in [-0.15, -0.1) is 11.8 Å². The predicted octanol–water partition coefficient (Wildman–Crippen LogP) is 3.56. The Bertz CT molecular complexity index is 1070. The number of anilines is 1. The summed E-state index contributed by atoms with van der Waals surface area (Å²) in [5.41, 5.74) is 1.78. The summed E-state index contributed by atoms with van der Waals surface area (Å²) in [5.74, 6) is -0.154. The van der Waals surface area contributed by atoms with Crippen LogP contribution in [0.3, 0.4) is 0 Å². The molecule has 0 saturated carbocycles. The van der Waals surface area contributed by atoms with Crippen LogP contribution in [0.1, 0.15) is 5.56 Å². The highest BCUT2D eigenvalue weighted by atomic mass is 32.2. The highest BCUT2D eigenvalue weighted by Gasteiger charge is 2.48. The molecule has 0 unspecified atom stereocenters. The van der Waals surface area contributed by atoms with Gasteiger partial charge in [0, 0.05) is 16.2 Å². The first-order chi connectivity index (χ1) is 15.0. The minimum atomic E-state index is -0.843. The number of carbonyl (C=O) groups excluding carboxylic acids is 2. The quantitative estimate of drug-likeness (QED) is 0.713. The molecule has 0 fully saturated rings. The monoisotopic (exact) mass is 439 g/mol. The van der Waals surface area contributed by atoms with E-state index in [0.29, 0.717) is 22.8 Å². The van der Waals surface area contributed by atoms with E-state index in [2.05, 4.69) is 0 Å². The second-order valence-corrected chi connectivity index (χ2v) is 8.05. The predicted molar refractivity (Wildman–Crippen MR) is 118 cm³/mol. The van der Waals surface area contributed by atoms with Gasteiger partial charge in [-0.3, -0.25) is 14.5 Å². The molecular formula is C23H21NO6S. The molecule has 1 amide bonds. The average molecular weight is 439 g/mol. The summed E-state index contributed by atoms with van der Waals surface area (Å²) in [7, 11) is 4.44. The lowest BCUT2D eigenvalue weighted by Crippen LogP contribution is -2.39. The molecule has 2 aliphatic heterocycles. The fraction of sp³-hybridized carbons (Fsp3) is 0.217. The molecule has 2 atom stereocenters. The molecule has 0 spiro atoms. The van der Waals surface area contributed by atoms with Crippen LogP contribution in [0.5, 0.6) is 11.5 Å². The van der Waals surface area contributed by atoms with Gasteiger partial charge in [-0.2, -0.15) is 0 Å². The number of aliphatic hydroxyl groups excluding tert-OH is 1. The SMILES string of the molecule is COC(=O)[C@H]1SC(c2ccc(OC)cc2)=C[C@@H]2C1=C(O)C(=O)N2c1ccc(OC)cc1. The Morgan fingerprint density at radius 3 is 2.10 bits per heavy atom. The lowest BCUT2D eigenvalue weighted by molar-refractivity contribution is -0.139. The van der Waals surface area contributed by atoms with Gasteiger partial charge in [0.05, 0.1) is 27.4 Å². The van der Waals surface area contributed by atoms with E-state index in [4.69, 9.17) is 14.2 Å². The van der Waals surface area contributed by atoms with E-state index in [0.717, 1.165) is 10.5 Å². The van der Waals surface area contributed by atoms with Crippen molar-refractivity contribution in [1.29, 1.82) is 0 Å². The molecule has 0 aromatic heterocycles. The molecule has 160 valence electrons. The van der Waals surface area contributed by atoms with Gasteiger partial charge >= 0.3 is 5.97 Å². The van der Waals surface area contributed by atoms with Crippen LogP contribution in [-0.2, 0) is 14.3 Å². The highest BCUT2D eigenvalue weighted by molar-refractivity contribution is 8.09. The molecule has 2 aromatic rings. The van der Waals surface area contributed by atoms with Crippen LogP contribution in [0.2, 0.25) is 0 Å². The summed E-state index contributed by atoms with van der Waals surface area (Å²) in [4.78, 5) is 27.8. The molecule has 7 nitrogen and oxygen atoms in total. The zero-order valence-electron chi connectivity index (χ0n) is 17.2. The minimum absolute atomic E-state index is 0.329. The third-order valence-electron chi connectivity index (χ3n) is 5.27. The maximum Gasteiger partial charge on any atom is 0.323 e. The van der Waals surface area contributed by atoms with Crippen molar-refractivity contribution in [3.63, 3.8) is 0 Å². The van der Waals surface area contributed by atoms with E-state index in [-0.39, 0.29) is 0 Å². The fourth-order valence-electron chi connectivity index (χ4n) is 3.68. The molecule has 8 heteroatoms.